The van der Waals surface area contributed by atoms with Gasteiger partial charge < -0.3 is 19.1 Å². The molecule has 0 atom stereocenters. The van der Waals surface area contributed by atoms with Gasteiger partial charge in [0, 0.05) is 0 Å². The van der Waals surface area contributed by atoms with Gasteiger partial charge in [0.25, 0.3) is 0 Å². The van der Waals surface area contributed by atoms with Crippen LogP contribution >= 0.6 is 0 Å². The molecule has 0 aliphatic rings. The van der Waals surface area contributed by atoms with Crippen LogP contribution in [0.2, 0.25) is 0 Å². The first-order chi connectivity index (χ1) is 9.69. The van der Waals surface area contributed by atoms with E-state index in [9.17, 15) is 9.59 Å². The third kappa shape index (κ3) is 6.82. The molecule has 0 saturated carbocycles. The Balaban J connectivity index is 0.000000364. The van der Waals surface area contributed by atoms with Crippen molar-refractivity contribution >= 4 is 11.9 Å². The molecule has 0 aliphatic heterocycles. The van der Waals surface area contributed by atoms with Crippen molar-refractivity contribution in [2.45, 2.75) is 0 Å². The Kier molecular flexibility index (Phi) is 9.73. The molecular formula is C16H14O4Zn. The number of carbonyl (C=O) groups excluding carboxylic acids is 2. The quantitative estimate of drug-likeness (QED) is 0.481. The number of benzene rings is 2. The Morgan fingerprint density at radius 1 is 0.810 bits per heavy atom. The zero-order valence-corrected chi connectivity index (χ0v) is 14.9. The summed E-state index contributed by atoms with van der Waals surface area (Å²) in [6.07, 6.45) is 0. The molecule has 0 spiro atoms. The molecule has 0 saturated heterocycles. The van der Waals surface area contributed by atoms with Gasteiger partial charge in [-0.2, -0.15) is 0 Å². The van der Waals surface area contributed by atoms with Crippen LogP contribution in [-0.4, -0.2) is 26.2 Å². The second-order valence-corrected chi connectivity index (χ2v) is 3.54. The number of ether oxygens (including phenoxy) is 2. The molecular weight excluding hydrogens is 322 g/mol. The molecule has 2 aromatic rings. The van der Waals surface area contributed by atoms with Crippen molar-refractivity contribution in [3.05, 3.63) is 71.8 Å². The SMILES string of the molecule is COC(=O)c1[c-]cccc1.COC(=O)c1[c-]cccc1.[Zn+2]. The maximum absolute atomic E-state index is 10.8. The van der Waals surface area contributed by atoms with E-state index in [1.165, 1.54) is 14.2 Å². The van der Waals surface area contributed by atoms with Crippen molar-refractivity contribution in [2.75, 3.05) is 14.2 Å². The molecule has 0 N–H and O–H groups in total. The van der Waals surface area contributed by atoms with E-state index >= 15 is 0 Å². The standard InChI is InChI=1S/2C8H7O2.Zn/c2*1-10-8(9)7-5-3-2-4-6-7;/h2*2-5H,1H3;/q2*-1;+2. The van der Waals surface area contributed by atoms with Crippen molar-refractivity contribution in [3.8, 4) is 0 Å². The van der Waals surface area contributed by atoms with Gasteiger partial charge in [0.2, 0.25) is 11.9 Å². The normalized spacial score (nSPS) is 8.48. The predicted molar refractivity (Wildman–Crippen MR) is 73.2 cm³/mol. The number of carbonyl (C=O) groups is 2. The second kappa shape index (κ2) is 10.8. The van der Waals surface area contributed by atoms with Crippen LogP contribution in [0.5, 0.6) is 0 Å². The zero-order valence-electron chi connectivity index (χ0n) is 12.0. The fraction of sp³-hybridized carbons (Fsp3) is 0.125. The molecule has 0 aliphatic carbocycles. The molecule has 2 rings (SSSR count). The van der Waals surface area contributed by atoms with Crippen LogP contribution in [0, 0.1) is 12.1 Å². The second-order valence-electron chi connectivity index (χ2n) is 3.54. The van der Waals surface area contributed by atoms with Gasteiger partial charge >= 0.3 is 19.5 Å². The summed E-state index contributed by atoms with van der Waals surface area (Å²) < 4.78 is 8.93. The summed E-state index contributed by atoms with van der Waals surface area (Å²) in [6.45, 7) is 0. The topological polar surface area (TPSA) is 52.6 Å². The van der Waals surface area contributed by atoms with Crippen molar-refractivity contribution in [2.24, 2.45) is 0 Å². The van der Waals surface area contributed by atoms with E-state index in [-0.39, 0.29) is 31.4 Å². The molecule has 0 heterocycles. The van der Waals surface area contributed by atoms with Gasteiger partial charge in [0.05, 0.1) is 14.2 Å². The zero-order chi connectivity index (χ0) is 14.8. The summed E-state index contributed by atoms with van der Waals surface area (Å²) in [5.41, 5.74) is 0.926. The molecule has 0 amide bonds. The molecule has 2 aromatic carbocycles. The third-order valence-electron chi connectivity index (χ3n) is 2.23. The largest absolute Gasteiger partial charge is 2.00 e. The molecule has 5 heteroatoms. The first kappa shape index (κ1) is 19.0. The number of rotatable bonds is 2. The van der Waals surface area contributed by atoms with E-state index in [0.29, 0.717) is 11.1 Å². The molecule has 21 heavy (non-hydrogen) atoms. The molecule has 0 radical (unpaired) electrons. The van der Waals surface area contributed by atoms with Gasteiger partial charge in [0.1, 0.15) is 0 Å². The van der Waals surface area contributed by atoms with Crippen molar-refractivity contribution in [1.82, 2.24) is 0 Å². The summed E-state index contributed by atoms with van der Waals surface area (Å²) in [6, 6.07) is 19.3. The maximum Gasteiger partial charge on any atom is 2.00 e. The Bertz CT molecular complexity index is 489. The summed E-state index contributed by atoms with van der Waals surface area (Å²) in [4.78, 5) is 21.5. The van der Waals surface area contributed by atoms with Crippen molar-refractivity contribution in [3.63, 3.8) is 0 Å². The van der Waals surface area contributed by atoms with Crippen LogP contribution in [0.15, 0.2) is 48.5 Å². The van der Waals surface area contributed by atoms with Crippen LogP contribution in [-0.2, 0) is 29.0 Å². The van der Waals surface area contributed by atoms with Crippen molar-refractivity contribution in [1.29, 1.82) is 0 Å². The maximum atomic E-state index is 10.8. The molecule has 0 bridgehead atoms. The van der Waals surface area contributed by atoms with Gasteiger partial charge in [-0.1, -0.05) is 11.1 Å². The minimum atomic E-state index is -0.347. The van der Waals surface area contributed by atoms with E-state index in [1.807, 2.05) is 0 Å². The number of hydrogen-bond donors (Lipinski definition) is 0. The summed E-state index contributed by atoms with van der Waals surface area (Å²) >= 11 is 0. The van der Waals surface area contributed by atoms with Gasteiger partial charge in [-0.15, -0.1) is 60.7 Å². The first-order valence-corrected chi connectivity index (χ1v) is 5.79. The summed E-state index contributed by atoms with van der Waals surface area (Å²) in [7, 11) is 2.70. The molecule has 4 nitrogen and oxygen atoms in total. The van der Waals surface area contributed by atoms with E-state index in [1.54, 1.807) is 48.5 Å². The molecule has 0 unspecified atom stereocenters. The van der Waals surface area contributed by atoms with E-state index < -0.39 is 0 Å². The van der Waals surface area contributed by atoms with E-state index in [0.717, 1.165) is 0 Å². The van der Waals surface area contributed by atoms with Crippen LogP contribution in [0.4, 0.5) is 0 Å². The van der Waals surface area contributed by atoms with E-state index in [2.05, 4.69) is 21.6 Å². The fourth-order valence-corrected chi connectivity index (χ4v) is 1.26. The predicted octanol–water partition coefficient (Wildman–Crippen LogP) is 2.54. The minimum absolute atomic E-state index is 0. The van der Waals surface area contributed by atoms with Crippen molar-refractivity contribution < 1.29 is 38.5 Å². The average molecular weight is 336 g/mol. The number of esters is 2. The summed E-state index contributed by atoms with van der Waals surface area (Å²) in [5, 5.41) is 0. The Labute approximate surface area is 136 Å². The number of methoxy groups -OCH3 is 2. The van der Waals surface area contributed by atoms with Gasteiger partial charge in [-0.05, 0) is 0 Å². The smallest absolute Gasteiger partial charge is 0.509 e. The van der Waals surface area contributed by atoms with Crippen LogP contribution in [0.3, 0.4) is 0 Å². The minimum Gasteiger partial charge on any atom is -0.509 e. The summed E-state index contributed by atoms with van der Waals surface area (Å²) in [5.74, 6) is -0.693. The van der Waals surface area contributed by atoms with Crippen LogP contribution in [0.25, 0.3) is 0 Å². The molecule has 0 fully saturated rings. The Morgan fingerprint density at radius 2 is 1.19 bits per heavy atom. The fourth-order valence-electron chi connectivity index (χ4n) is 1.26. The molecule has 0 aromatic heterocycles. The van der Waals surface area contributed by atoms with Gasteiger partial charge in [-0.3, -0.25) is 0 Å². The van der Waals surface area contributed by atoms with Gasteiger partial charge in [-0.25, -0.2) is 0 Å². The van der Waals surface area contributed by atoms with Gasteiger partial charge in [0.15, 0.2) is 0 Å². The van der Waals surface area contributed by atoms with Crippen LogP contribution < -0.4 is 0 Å². The molecule has 104 valence electrons. The first-order valence-electron chi connectivity index (χ1n) is 5.79. The van der Waals surface area contributed by atoms with E-state index in [4.69, 9.17) is 0 Å². The Hall–Kier alpha value is -2.00. The third-order valence-corrected chi connectivity index (χ3v) is 2.23. The average Bonchev–Trinajstić information content (AvgIpc) is 2.55. The Morgan fingerprint density at radius 3 is 1.43 bits per heavy atom. The monoisotopic (exact) mass is 334 g/mol. The number of hydrogen-bond acceptors (Lipinski definition) is 4. The van der Waals surface area contributed by atoms with Crippen LogP contribution in [0.1, 0.15) is 20.7 Å².